The van der Waals surface area contributed by atoms with Crippen molar-refractivity contribution in [3.63, 3.8) is 0 Å². The van der Waals surface area contributed by atoms with E-state index in [0.29, 0.717) is 6.54 Å². The second-order valence-corrected chi connectivity index (χ2v) is 2.68. The molecule has 0 aliphatic rings. The van der Waals surface area contributed by atoms with E-state index in [1.807, 2.05) is 0 Å². The number of nitrogens with zero attached hydrogens (tertiary/aromatic N) is 2. The van der Waals surface area contributed by atoms with Crippen molar-refractivity contribution in [3.8, 4) is 5.88 Å². The van der Waals surface area contributed by atoms with Crippen molar-refractivity contribution in [1.29, 1.82) is 0 Å². The summed E-state index contributed by atoms with van der Waals surface area (Å²) in [4.78, 5) is 0. The predicted octanol–water partition coefficient (Wildman–Crippen LogP) is 1.94. The molecule has 1 heterocycles. The molecule has 0 unspecified atom stereocenters. The molecular weight excluding hydrogens is 211 g/mol. The van der Waals surface area contributed by atoms with Gasteiger partial charge in [-0.1, -0.05) is 0 Å². The molecule has 1 aromatic heterocycles. The quantitative estimate of drug-likeness (QED) is 0.847. The van der Waals surface area contributed by atoms with Crippen LogP contribution < -0.4 is 10.1 Å². The third-order valence-corrected chi connectivity index (χ3v) is 1.62. The average Bonchev–Trinajstić information content (AvgIpc) is 2.17. The minimum atomic E-state index is -4.49. The Kier molecular flexibility index (Phi) is 3.33. The van der Waals surface area contributed by atoms with E-state index >= 15 is 0 Å². The zero-order valence-electron chi connectivity index (χ0n) is 8.22. The maximum absolute atomic E-state index is 12.5. The first-order chi connectivity index (χ1) is 6.99. The summed E-state index contributed by atoms with van der Waals surface area (Å²) in [7, 11) is 1.12. The highest BCUT2D eigenvalue weighted by molar-refractivity contribution is 5.41. The van der Waals surface area contributed by atoms with E-state index in [-0.39, 0.29) is 5.82 Å². The highest BCUT2D eigenvalue weighted by atomic mass is 19.4. The minimum Gasteiger partial charge on any atom is -0.479 e. The van der Waals surface area contributed by atoms with Crippen LogP contribution in [0.4, 0.5) is 19.0 Å². The molecule has 84 valence electrons. The molecule has 0 bridgehead atoms. The lowest BCUT2D eigenvalue weighted by Gasteiger charge is -2.11. The molecule has 7 heteroatoms. The van der Waals surface area contributed by atoms with E-state index in [1.54, 1.807) is 6.92 Å². The molecule has 1 aromatic rings. The fourth-order valence-corrected chi connectivity index (χ4v) is 1.00. The van der Waals surface area contributed by atoms with Gasteiger partial charge in [0.25, 0.3) is 0 Å². The van der Waals surface area contributed by atoms with Gasteiger partial charge in [-0.2, -0.15) is 13.2 Å². The van der Waals surface area contributed by atoms with Crippen LogP contribution in [0.15, 0.2) is 6.07 Å². The Bertz CT molecular complexity index is 340. The zero-order chi connectivity index (χ0) is 11.5. The summed E-state index contributed by atoms with van der Waals surface area (Å²) in [6.07, 6.45) is -4.49. The molecule has 0 spiro atoms. The van der Waals surface area contributed by atoms with Gasteiger partial charge in [0.2, 0.25) is 5.88 Å². The number of alkyl halides is 3. The summed E-state index contributed by atoms with van der Waals surface area (Å²) < 4.78 is 41.9. The van der Waals surface area contributed by atoms with Gasteiger partial charge >= 0.3 is 6.18 Å². The van der Waals surface area contributed by atoms with Gasteiger partial charge in [-0.05, 0) is 6.92 Å². The first-order valence-corrected chi connectivity index (χ1v) is 4.21. The van der Waals surface area contributed by atoms with E-state index in [1.165, 1.54) is 0 Å². The third-order valence-electron chi connectivity index (χ3n) is 1.62. The number of halogens is 3. The lowest BCUT2D eigenvalue weighted by atomic mass is 10.3. The third kappa shape index (κ3) is 2.71. The second-order valence-electron chi connectivity index (χ2n) is 2.68. The van der Waals surface area contributed by atoms with Gasteiger partial charge in [-0.25, -0.2) is 0 Å². The van der Waals surface area contributed by atoms with Gasteiger partial charge in [0.15, 0.2) is 0 Å². The summed E-state index contributed by atoms with van der Waals surface area (Å²) in [6.45, 7) is 2.22. The molecule has 0 radical (unpaired) electrons. The molecule has 0 saturated carbocycles. The molecule has 0 fully saturated rings. The first kappa shape index (κ1) is 11.5. The fraction of sp³-hybridized carbons (Fsp3) is 0.500. The van der Waals surface area contributed by atoms with Crippen LogP contribution in [0, 0.1) is 0 Å². The zero-order valence-corrected chi connectivity index (χ0v) is 8.22. The van der Waals surface area contributed by atoms with Crippen LogP contribution in [-0.2, 0) is 6.18 Å². The number of hydrogen-bond acceptors (Lipinski definition) is 4. The average molecular weight is 221 g/mol. The number of nitrogens with one attached hydrogen (secondary N) is 1. The van der Waals surface area contributed by atoms with E-state index in [9.17, 15) is 13.2 Å². The summed E-state index contributed by atoms with van der Waals surface area (Å²) in [5, 5.41) is 9.50. The van der Waals surface area contributed by atoms with E-state index < -0.39 is 17.6 Å². The largest absolute Gasteiger partial charge is 0.479 e. The van der Waals surface area contributed by atoms with Crippen molar-refractivity contribution < 1.29 is 17.9 Å². The summed E-state index contributed by atoms with van der Waals surface area (Å²) >= 11 is 0. The Balaban J connectivity index is 3.13. The van der Waals surface area contributed by atoms with Gasteiger partial charge < -0.3 is 10.1 Å². The van der Waals surface area contributed by atoms with Crippen molar-refractivity contribution >= 4 is 5.82 Å². The lowest BCUT2D eigenvalue weighted by Crippen LogP contribution is -2.11. The maximum atomic E-state index is 12.5. The Labute approximate surface area is 84.5 Å². The molecule has 0 amide bonds. The van der Waals surface area contributed by atoms with Crippen LogP contribution >= 0.6 is 0 Å². The van der Waals surface area contributed by atoms with Crippen molar-refractivity contribution in [3.05, 3.63) is 11.6 Å². The van der Waals surface area contributed by atoms with Crippen molar-refractivity contribution in [2.45, 2.75) is 13.1 Å². The van der Waals surface area contributed by atoms with Crippen LogP contribution in [-0.4, -0.2) is 23.9 Å². The number of ether oxygens (including phenoxy) is 1. The number of hydrogen-bond donors (Lipinski definition) is 1. The van der Waals surface area contributed by atoms with Crippen molar-refractivity contribution in [1.82, 2.24) is 10.2 Å². The van der Waals surface area contributed by atoms with Crippen LogP contribution in [0.2, 0.25) is 0 Å². The molecule has 15 heavy (non-hydrogen) atoms. The Hall–Kier alpha value is -1.53. The number of methoxy groups -OCH3 is 1. The van der Waals surface area contributed by atoms with Gasteiger partial charge in [-0.15, -0.1) is 10.2 Å². The molecule has 0 saturated heterocycles. The predicted molar refractivity (Wildman–Crippen MR) is 47.7 cm³/mol. The summed E-state index contributed by atoms with van der Waals surface area (Å²) in [5.74, 6) is -0.449. The molecule has 1 rings (SSSR count). The minimum absolute atomic E-state index is 0.0747. The number of anilines is 1. The topological polar surface area (TPSA) is 47.0 Å². The van der Waals surface area contributed by atoms with Gasteiger partial charge in [-0.3, -0.25) is 0 Å². The molecule has 0 aliphatic carbocycles. The van der Waals surface area contributed by atoms with Gasteiger partial charge in [0.1, 0.15) is 11.4 Å². The molecular formula is C8H10F3N3O. The molecule has 0 atom stereocenters. The SMILES string of the molecule is CCNc1cc(C(F)(F)F)c(OC)nn1. The van der Waals surface area contributed by atoms with E-state index in [4.69, 9.17) is 0 Å². The highest BCUT2D eigenvalue weighted by Gasteiger charge is 2.36. The standard InChI is InChI=1S/C8H10F3N3O/c1-3-12-6-4-5(8(9,10)11)7(15-2)14-13-6/h4H,3H2,1-2H3,(H,12,13). The van der Waals surface area contributed by atoms with Crippen LogP contribution in [0.5, 0.6) is 5.88 Å². The Morgan fingerprint density at radius 3 is 2.53 bits per heavy atom. The number of aromatic nitrogens is 2. The van der Waals surface area contributed by atoms with Crippen LogP contribution in [0.25, 0.3) is 0 Å². The summed E-state index contributed by atoms with van der Waals surface area (Å²) in [5.41, 5.74) is -0.934. The molecule has 0 aromatic carbocycles. The molecule has 0 aliphatic heterocycles. The van der Waals surface area contributed by atoms with Crippen molar-refractivity contribution in [2.75, 3.05) is 19.0 Å². The highest BCUT2D eigenvalue weighted by Crippen LogP contribution is 2.35. The van der Waals surface area contributed by atoms with Crippen LogP contribution in [0.3, 0.4) is 0 Å². The first-order valence-electron chi connectivity index (χ1n) is 4.21. The van der Waals surface area contributed by atoms with E-state index in [2.05, 4.69) is 20.3 Å². The van der Waals surface area contributed by atoms with Gasteiger partial charge in [0.05, 0.1) is 7.11 Å². The second kappa shape index (κ2) is 4.33. The normalized spacial score (nSPS) is 11.3. The van der Waals surface area contributed by atoms with Crippen molar-refractivity contribution in [2.24, 2.45) is 0 Å². The Morgan fingerprint density at radius 1 is 1.40 bits per heavy atom. The monoisotopic (exact) mass is 221 g/mol. The smallest absolute Gasteiger partial charge is 0.421 e. The fourth-order valence-electron chi connectivity index (χ4n) is 1.00. The van der Waals surface area contributed by atoms with E-state index in [0.717, 1.165) is 13.2 Å². The maximum Gasteiger partial charge on any atom is 0.421 e. The molecule has 1 N–H and O–H groups in total. The molecule has 4 nitrogen and oxygen atoms in total. The van der Waals surface area contributed by atoms with Gasteiger partial charge in [0, 0.05) is 12.6 Å². The lowest BCUT2D eigenvalue weighted by molar-refractivity contribution is -0.139. The Morgan fingerprint density at radius 2 is 2.07 bits per heavy atom. The summed E-state index contributed by atoms with van der Waals surface area (Å²) in [6, 6.07) is 0.870. The van der Waals surface area contributed by atoms with Crippen LogP contribution in [0.1, 0.15) is 12.5 Å². The number of rotatable bonds is 3.